The summed E-state index contributed by atoms with van der Waals surface area (Å²) in [4.78, 5) is 30.2. The first kappa shape index (κ1) is 23.6. The van der Waals surface area contributed by atoms with E-state index in [0.29, 0.717) is 30.6 Å². The van der Waals surface area contributed by atoms with Crippen LogP contribution in [-0.2, 0) is 4.74 Å². The van der Waals surface area contributed by atoms with Crippen LogP contribution < -0.4 is 15.0 Å². The van der Waals surface area contributed by atoms with E-state index in [1.54, 1.807) is 6.21 Å². The summed E-state index contributed by atoms with van der Waals surface area (Å²) in [6.07, 6.45) is 7.91. The predicted octanol–water partition coefficient (Wildman–Crippen LogP) is 3.87. The number of aliphatic imine (C=N–C) groups is 2. The van der Waals surface area contributed by atoms with Crippen molar-refractivity contribution in [1.29, 1.82) is 0 Å². The van der Waals surface area contributed by atoms with Crippen LogP contribution in [0, 0.1) is 0 Å². The molecule has 1 aliphatic carbocycles. The first-order chi connectivity index (χ1) is 16.6. The van der Waals surface area contributed by atoms with Crippen LogP contribution in [0.25, 0.3) is 0 Å². The molecule has 34 heavy (non-hydrogen) atoms. The molecular formula is C24H30N6O4. The molecule has 180 valence electrons. The maximum absolute atomic E-state index is 11.0. The van der Waals surface area contributed by atoms with E-state index in [2.05, 4.69) is 36.9 Å². The number of anilines is 2. The number of carboxylic acid groups (broad SMARTS) is 1. The maximum Gasteiger partial charge on any atom is 0.338 e. The van der Waals surface area contributed by atoms with Crippen LogP contribution >= 0.6 is 0 Å². The topological polar surface area (TPSA) is 122 Å². The van der Waals surface area contributed by atoms with E-state index >= 15 is 0 Å². The van der Waals surface area contributed by atoms with Crippen LogP contribution in [0.3, 0.4) is 0 Å². The minimum Gasteiger partial charge on any atom is -0.488 e. The molecule has 4 rings (SSSR count). The number of carbonyl (C=O) groups is 1. The van der Waals surface area contributed by atoms with Crippen molar-refractivity contribution in [3.63, 3.8) is 0 Å². The Hall–Kier alpha value is -3.53. The molecule has 0 radical (unpaired) electrons. The number of nitrogens with zero attached hydrogens (tertiary/aromatic N) is 5. The number of aromatic nitrogens is 2. The van der Waals surface area contributed by atoms with Gasteiger partial charge in [-0.05, 0) is 45.4 Å². The summed E-state index contributed by atoms with van der Waals surface area (Å²) in [6.45, 7) is 8.66. The minimum atomic E-state index is -1.04. The van der Waals surface area contributed by atoms with Crippen molar-refractivity contribution in [2.24, 2.45) is 9.98 Å². The van der Waals surface area contributed by atoms with Gasteiger partial charge >= 0.3 is 5.97 Å². The molecule has 2 N–H and O–H groups in total. The lowest BCUT2D eigenvalue weighted by Gasteiger charge is -2.32. The molecule has 0 bridgehead atoms. The molecule has 10 nitrogen and oxygen atoms in total. The molecule has 2 aliphatic rings. The van der Waals surface area contributed by atoms with Gasteiger partial charge < -0.3 is 24.8 Å². The standard InChI is InChI=1S/C24H30N6O4/c1-3-26-20-12-18(30-8-10-33-11-9-30)13-21(22(20)25-2)34-19-6-4-17(5-7-19)29-24-27-14-16(15-28-24)23(31)32/h3,12-15,17,19H,2,4-11H2,1H3,(H,31,32)(H,27,28,29)/b26-3-/t17-,19+. The number of carboxylic acids is 1. The van der Waals surface area contributed by atoms with Gasteiger partial charge in [-0.1, -0.05) is 0 Å². The fourth-order valence-corrected chi connectivity index (χ4v) is 4.27. The molecule has 1 aromatic carbocycles. The Bertz CT molecular complexity index is 1030. The van der Waals surface area contributed by atoms with Gasteiger partial charge in [-0.15, -0.1) is 0 Å². The van der Waals surface area contributed by atoms with E-state index < -0.39 is 5.97 Å². The fraction of sp³-hybridized carbons (Fsp3) is 0.458. The monoisotopic (exact) mass is 466 g/mol. The highest BCUT2D eigenvalue weighted by molar-refractivity contribution is 5.86. The molecule has 1 saturated carbocycles. The lowest BCUT2D eigenvalue weighted by molar-refractivity contribution is 0.0696. The number of morpholine rings is 1. The minimum absolute atomic E-state index is 0.0484. The van der Waals surface area contributed by atoms with Gasteiger partial charge in [0.15, 0.2) is 0 Å². The van der Waals surface area contributed by atoms with Crippen LogP contribution in [0.4, 0.5) is 23.0 Å². The first-order valence-corrected chi connectivity index (χ1v) is 11.5. The van der Waals surface area contributed by atoms with Crippen molar-refractivity contribution in [3.05, 3.63) is 30.1 Å². The number of aromatic carboxylic acids is 1. The van der Waals surface area contributed by atoms with Crippen molar-refractivity contribution < 1.29 is 19.4 Å². The third kappa shape index (κ3) is 5.69. The van der Waals surface area contributed by atoms with Crippen molar-refractivity contribution in [2.75, 3.05) is 36.5 Å². The van der Waals surface area contributed by atoms with E-state index in [1.165, 1.54) is 12.4 Å². The highest BCUT2D eigenvalue weighted by Crippen LogP contribution is 2.43. The van der Waals surface area contributed by atoms with E-state index in [4.69, 9.17) is 14.6 Å². The normalized spacial score (nSPS) is 20.8. The molecule has 1 aromatic heterocycles. The summed E-state index contributed by atoms with van der Waals surface area (Å²) in [7, 11) is 0. The number of hydrogen-bond acceptors (Lipinski definition) is 9. The lowest BCUT2D eigenvalue weighted by atomic mass is 9.93. The van der Waals surface area contributed by atoms with E-state index in [0.717, 1.165) is 50.1 Å². The van der Waals surface area contributed by atoms with Gasteiger partial charge in [-0.3, -0.25) is 9.98 Å². The predicted molar refractivity (Wildman–Crippen MR) is 132 cm³/mol. The molecule has 2 aromatic rings. The Morgan fingerprint density at radius 1 is 1.24 bits per heavy atom. The van der Waals surface area contributed by atoms with Crippen LogP contribution in [0.2, 0.25) is 0 Å². The molecule has 0 unspecified atom stereocenters. The second kappa shape index (κ2) is 11.1. The second-order valence-electron chi connectivity index (χ2n) is 8.29. The van der Waals surface area contributed by atoms with E-state index in [9.17, 15) is 4.79 Å². The molecular weight excluding hydrogens is 436 g/mol. The Balaban J connectivity index is 1.42. The number of benzene rings is 1. The molecule has 1 saturated heterocycles. The van der Waals surface area contributed by atoms with Crippen molar-refractivity contribution in [1.82, 2.24) is 9.97 Å². The molecule has 2 heterocycles. The van der Waals surface area contributed by atoms with Crippen molar-refractivity contribution in [3.8, 4) is 5.75 Å². The molecule has 1 aliphatic heterocycles. The Morgan fingerprint density at radius 2 is 1.94 bits per heavy atom. The third-order valence-electron chi connectivity index (χ3n) is 6.04. The summed E-state index contributed by atoms with van der Waals surface area (Å²) >= 11 is 0. The van der Waals surface area contributed by atoms with Gasteiger partial charge in [0.25, 0.3) is 0 Å². The third-order valence-corrected chi connectivity index (χ3v) is 6.04. The first-order valence-electron chi connectivity index (χ1n) is 11.5. The fourth-order valence-electron chi connectivity index (χ4n) is 4.27. The highest BCUT2D eigenvalue weighted by Gasteiger charge is 2.25. The number of nitrogens with one attached hydrogen (secondary N) is 1. The van der Waals surface area contributed by atoms with E-state index in [1.807, 2.05) is 19.1 Å². The SMILES string of the molecule is C=Nc1c(/N=C\C)cc(N2CCOCC2)cc1O[C@H]1CC[C@@H](Nc2ncc(C(=O)O)cn2)CC1. The molecule has 0 amide bonds. The van der Waals surface area contributed by atoms with E-state index in [-0.39, 0.29) is 17.7 Å². The molecule has 0 spiro atoms. The summed E-state index contributed by atoms with van der Waals surface area (Å²) in [5.41, 5.74) is 2.51. The maximum atomic E-state index is 11.0. The largest absolute Gasteiger partial charge is 0.488 e. The smallest absolute Gasteiger partial charge is 0.338 e. The number of ether oxygens (including phenoxy) is 2. The Labute approximate surface area is 198 Å². The molecule has 0 atom stereocenters. The van der Waals surface area contributed by atoms with Gasteiger partial charge in [0.2, 0.25) is 5.95 Å². The van der Waals surface area contributed by atoms with Crippen LogP contribution in [0.15, 0.2) is 34.5 Å². The van der Waals surface area contributed by atoms with Crippen LogP contribution in [0.5, 0.6) is 5.75 Å². The van der Waals surface area contributed by atoms with Crippen molar-refractivity contribution in [2.45, 2.75) is 44.8 Å². The molecule has 10 heteroatoms. The second-order valence-corrected chi connectivity index (χ2v) is 8.29. The highest BCUT2D eigenvalue weighted by atomic mass is 16.5. The number of rotatable bonds is 8. The zero-order valence-corrected chi connectivity index (χ0v) is 19.3. The Kier molecular flexibility index (Phi) is 7.69. The molecule has 2 fully saturated rings. The summed E-state index contributed by atoms with van der Waals surface area (Å²) in [6, 6.07) is 4.26. The van der Waals surface area contributed by atoms with Crippen molar-refractivity contribution >= 4 is 41.9 Å². The van der Waals surface area contributed by atoms with Crippen LogP contribution in [-0.4, -0.2) is 72.4 Å². The van der Waals surface area contributed by atoms with Gasteiger partial charge in [0.05, 0.1) is 30.6 Å². The lowest BCUT2D eigenvalue weighted by Crippen LogP contribution is -2.36. The zero-order valence-electron chi connectivity index (χ0n) is 19.3. The summed E-state index contributed by atoms with van der Waals surface area (Å²) < 4.78 is 11.9. The summed E-state index contributed by atoms with van der Waals surface area (Å²) in [5.74, 6) is 0.0967. The van der Waals surface area contributed by atoms with Gasteiger partial charge in [-0.25, -0.2) is 14.8 Å². The zero-order chi connectivity index (χ0) is 23.9. The average molecular weight is 467 g/mol. The van der Waals surface area contributed by atoms with Crippen LogP contribution in [0.1, 0.15) is 43.0 Å². The Morgan fingerprint density at radius 3 is 2.56 bits per heavy atom. The summed E-state index contributed by atoms with van der Waals surface area (Å²) in [5, 5.41) is 12.3. The average Bonchev–Trinajstić information content (AvgIpc) is 2.86. The quantitative estimate of drug-likeness (QED) is 0.563. The van der Waals surface area contributed by atoms with Gasteiger partial charge in [-0.2, -0.15) is 0 Å². The van der Waals surface area contributed by atoms with Gasteiger partial charge in [0, 0.05) is 49.5 Å². The van der Waals surface area contributed by atoms with Gasteiger partial charge in [0.1, 0.15) is 11.4 Å². The number of hydrogen-bond donors (Lipinski definition) is 2.